The van der Waals surface area contributed by atoms with E-state index in [1.165, 1.54) is 32.1 Å². The predicted molar refractivity (Wildman–Crippen MR) is 53.0 cm³/mol. The van der Waals surface area contributed by atoms with Crippen LogP contribution in [0.5, 0.6) is 0 Å². The topological polar surface area (TPSA) is 0 Å². The highest BCUT2D eigenvalue weighted by atomic mass is 14.4. The zero-order chi connectivity index (χ0) is 8.60. The van der Waals surface area contributed by atoms with Crippen molar-refractivity contribution >= 4 is 0 Å². The maximum Gasteiger partial charge on any atom is -0.0118 e. The van der Waals surface area contributed by atoms with E-state index in [-0.39, 0.29) is 0 Å². The van der Waals surface area contributed by atoms with Gasteiger partial charge in [-0.3, -0.25) is 0 Å². The van der Waals surface area contributed by atoms with E-state index in [9.17, 15) is 0 Å². The molecule has 0 N–H and O–H groups in total. The van der Waals surface area contributed by atoms with Crippen molar-refractivity contribution < 1.29 is 0 Å². The molecular weight excluding hydrogens is 144 g/mol. The Kier molecular flexibility index (Phi) is 2.02. The van der Waals surface area contributed by atoms with Crippen LogP contribution < -0.4 is 0 Å². The Labute approximate surface area is 76.1 Å². The minimum absolute atomic E-state index is 0.686. The first-order valence-electron chi connectivity index (χ1n) is 5.41. The third kappa shape index (κ3) is 1.32. The summed E-state index contributed by atoms with van der Waals surface area (Å²) >= 11 is 0. The standard InChI is InChI=1S/C12H20/c1-10(2)11-4-8-12(9-5-11)6-3-7-12/h4,8,10-11H,3,5-7,9H2,1-2H3. The average molecular weight is 164 g/mol. The molecule has 1 saturated carbocycles. The highest BCUT2D eigenvalue weighted by Gasteiger charge is 2.36. The molecule has 2 aliphatic carbocycles. The molecular formula is C12H20. The number of allylic oxidation sites excluding steroid dienone is 2. The molecule has 0 heteroatoms. The molecule has 2 aliphatic rings. The fourth-order valence-corrected chi connectivity index (χ4v) is 2.56. The first-order chi connectivity index (χ1) is 5.72. The summed E-state index contributed by atoms with van der Waals surface area (Å²) in [5.74, 6) is 1.72. The summed E-state index contributed by atoms with van der Waals surface area (Å²) in [6.45, 7) is 4.68. The maximum atomic E-state index is 2.53. The van der Waals surface area contributed by atoms with Crippen molar-refractivity contribution in [1.82, 2.24) is 0 Å². The zero-order valence-electron chi connectivity index (χ0n) is 8.34. The second-order valence-corrected chi connectivity index (χ2v) is 5.02. The molecule has 1 fully saturated rings. The molecule has 0 heterocycles. The molecule has 1 spiro atoms. The van der Waals surface area contributed by atoms with Crippen LogP contribution in [0.25, 0.3) is 0 Å². The first-order valence-corrected chi connectivity index (χ1v) is 5.41. The Morgan fingerprint density at radius 2 is 2.00 bits per heavy atom. The molecule has 0 aromatic rings. The zero-order valence-corrected chi connectivity index (χ0v) is 8.34. The van der Waals surface area contributed by atoms with Crippen LogP contribution in [0.15, 0.2) is 12.2 Å². The van der Waals surface area contributed by atoms with Crippen molar-refractivity contribution in [1.29, 1.82) is 0 Å². The molecule has 0 aliphatic heterocycles. The lowest BCUT2D eigenvalue weighted by Gasteiger charge is -2.43. The minimum Gasteiger partial charge on any atom is -0.0846 e. The third-order valence-corrected chi connectivity index (χ3v) is 3.88. The summed E-state index contributed by atoms with van der Waals surface area (Å²) in [5, 5.41) is 0. The Hall–Kier alpha value is -0.260. The summed E-state index contributed by atoms with van der Waals surface area (Å²) < 4.78 is 0. The van der Waals surface area contributed by atoms with Gasteiger partial charge in [0.15, 0.2) is 0 Å². The van der Waals surface area contributed by atoms with E-state index in [1.807, 2.05) is 0 Å². The highest BCUT2D eigenvalue weighted by molar-refractivity contribution is 5.10. The monoisotopic (exact) mass is 164 g/mol. The van der Waals surface area contributed by atoms with Crippen LogP contribution >= 0.6 is 0 Å². The molecule has 0 nitrogen and oxygen atoms in total. The second-order valence-electron chi connectivity index (χ2n) is 5.02. The molecule has 0 bridgehead atoms. The quantitative estimate of drug-likeness (QED) is 0.517. The normalized spacial score (nSPS) is 32.4. The Bertz CT molecular complexity index is 184. The van der Waals surface area contributed by atoms with E-state index in [0.717, 1.165) is 11.8 Å². The van der Waals surface area contributed by atoms with Crippen molar-refractivity contribution in [2.75, 3.05) is 0 Å². The van der Waals surface area contributed by atoms with Gasteiger partial charge in [0.25, 0.3) is 0 Å². The summed E-state index contributed by atoms with van der Waals surface area (Å²) in [4.78, 5) is 0. The van der Waals surface area contributed by atoms with Crippen LogP contribution in [0.2, 0.25) is 0 Å². The van der Waals surface area contributed by atoms with Gasteiger partial charge >= 0.3 is 0 Å². The van der Waals surface area contributed by atoms with Crippen molar-refractivity contribution in [3.63, 3.8) is 0 Å². The van der Waals surface area contributed by atoms with E-state index in [4.69, 9.17) is 0 Å². The van der Waals surface area contributed by atoms with Gasteiger partial charge in [-0.2, -0.15) is 0 Å². The van der Waals surface area contributed by atoms with E-state index in [1.54, 1.807) is 0 Å². The smallest absolute Gasteiger partial charge is 0.0118 e. The largest absolute Gasteiger partial charge is 0.0846 e. The lowest BCUT2D eigenvalue weighted by atomic mass is 9.62. The van der Waals surface area contributed by atoms with Gasteiger partial charge in [0.05, 0.1) is 0 Å². The van der Waals surface area contributed by atoms with E-state index < -0.39 is 0 Å². The lowest BCUT2D eigenvalue weighted by Crippen LogP contribution is -2.31. The van der Waals surface area contributed by atoms with Gasteiger partial charge in [-0.25, -0.2) is 0 Å². The van der Waals surface area contributed by atoms with Crippen LogP contribution in [-0.4, -0.2) is 0 Å². The molecule has 0 radical (unpaired) electrons. The molecule has 68 valence electrons. The summed E-state index contributed by atoms with van der Waals surface area (Å²) in [6.07, 6.45) is 12.3. The van der Waals surface area contributed by atoms with Crippen molar-refractivity contribution in [3.05, 3.63) is 12.2 Å². The SMILES string of the molecule is CC(C)C1C=CC2(CCC2)CC1. The lowest BCUT2D eigenvalue weighted by molar-refractivity contribution is 0.156. The molecule has 2 rings (SSSR count). The van der Waals surface area contributed by atoms with E-state index in [0.29, 0.717) is 5.41 Å². The van der Waals surface area contributed by atoms with Crippen molar-refractivity contribution in [3.8, 4) is 0 Å². The van der Waals surface area contributed by atoms with Gasteiger partial charge < -0.3 is 0 Å². The summed E-state index contributed by atoms with van der Waals surface area (Å²) in [6, 6.07) is 0. The van der Waals surface area contributed by atoms with Crippen LogP contribution in [0.1, 0.15) is 46.0 Å². The fourth-order valence-electron chi connectivity index (χ4n) is 2.56. The van der Waals surface area contributed by atoms with Crippen molar-refractivity contribution in [2.45, 2.75) is 46.0 Å². The Morgan fingerprint density at radius 3 is 2.33 bits per heavy atom. The minimum atomic E-state index is 0.686. The van der Waals surface area contributed by atoms with Crippen LogP contribution in [0.3, 0.4) is 0 Å². The first kappa shape index (κ1) is 8.34. The molecule has 0 amide bonds. The van der Waals surface area contributed by atoms with E-state index >= 15 is 0 Å². The van der Waals surface area contributed by atoms with Gasteiger partial charge in [0.2, 0.25) is 0 Å². The second kappa shape index (κ2) is 2.90. The maximum absolute atomic E-state index is 2.53. The van der Waals surface area contributed by atoms with Crippen molar-refractivity contribution in [2.24, 2.45) is 17.3 Å². The number of hydrogen-bond acceptors (Lipinski definition) is 0. The number of rotatable bonds is 1. The Morgan fingerprint density at radius 1 is 1.25 bits per heavy atom. The Balaban J connectivity index is 1.99. The predicted octanol–water partition coefficient (Wildman–Crippen LogP) is 3.78. The fraction of sp³-hybridized carbons (Fsp3) is 0.833. The van der Waals surface area contributed by atoms with Crippen LogP contribution in [-0.2, 0) is 0 Å². The van der Waals surface area contributed by atoms with Gasteiger partial charge in [0.1, 0.15) is 0 Å². The van der Waals surface area contributed by atoms with Gasteiger partial charge in [0, 0.05) is 0 Å². The van der Waals surface area contributed by atoms with Crippen LogP contribution in [0.4, 0.5) is 0 Å². The van der Waals surface area contributed by atoms with Gasteiger partial charge in [-0.15, -0.1) is 0 Å². The highest BCUT2D eigenvalue weighted by Crippen LogP contribution is 2.49. The summed E-state index contributed by atoms with van der Waals surface area (Å²) in [7, 11) is 0. The molecule has 0 aromatic heterocycles. The third-order valence-electron chi connectivity index (χ3n) is 3.88. The van der Waals surface area contributed by atoms with Gasteiger partial charge in [-0.1, -0.05) is 32.4 Å². The van der Waals surface area contributed by atoms with E-state index in [2.05, 4.69) is 26.0 Å². The summed E-state index contributed by atoms with van der Waals surface area (Å²) in [5.41, 5.74) is 0.686. The molecule has 12 heavy (non-hydrogen) atoms. The average Bonchev–Trinajstić information content (AvgIpc) is 2.02. The van der Waals surface area contributed by atoms with Crippen LogP contribution in [0, 0.1) is 17.3 Å². The van der Waals surface area contributed by atoms with Gasteiger partial charge in [-0.05, 0) is 42.9 Å². The molecule has 1 atom stereocenters. The molecule has 1 unspecified atom stereocenters. The molecule has 0 saturated heterocycles. The number of hydrogen-bond donors (Lipinski definition) is 0. The molecule has 0 aromatic carbocycles.